The lowest BCUT2D eigenvalue weighted by atomic mass is 9.98. The summed E-state index contributed by atoms with van der Waals surface area (Å²) in [6.45, 7) is 5.83. The molecule has 0 aromatic rings. The lowest BCUT2D eigenvalue weighted by Crippen LogP contribution is -2.61. The van der Waals surface area contributed by atoms with Crippen molar-refractivity contribution in [2.45, 2.75) is 314 Å². The van der Waals surface area contributed by atoms with E-state index in [0.29, 0.717) is 19.3 Å². The minimum Gasteiger partial charge on any atom is -0.479 e. The van der Waals surface area contributed by atoms with Gasteiger partial charge in [-0.2, -0.15) is 0 Å². The van der Waals surface area contributed by atoms with Crippen LogP contribution in [0.2, 0.25) is 0 Å². The number of carboxylic acid groups (broad SMARTS) is 1. The molecule has 1 rings (SSSR count). The Balaban J connectivity index is 2.67. The van der Waals surface area contributed by atoms with Crippen LogP contribution in [0.5, 0.6) is 0 Å². The van der Waals surface area contributed by atoms with Gasteiger partial charge in [0.05, 0.1) is 6.61 Å². The molecule has 0 aromatic heterocycles. The molecule has 0 radical (unpaired) electrons. The number of rotatable bonds is 53. The molecule has 0 saturated carbocycles. The van der Waals surface area contributed by atoms with Gasteiger partial charge in [0.25, 0.3) is 0 Å². The molecule has 77 heavy (non-hydrogen) atoms. The van der Waals surface area contributed by atoms with E-state index in [4.69, 9.17) is 23.7 Å². The molecule has 1 fully saturated rings. The van der Waals surface area contributed by atoms with Crippen molar-refractivity contribution in [3.8, 4) is 0 Å². The Kier molecular flexibility index (Phi) is 49.2. The Morgan fingerprint density at radius 3 is 1.30 bits per heavy atom. The van der Waals surface area contributed by atoms with Gasteiger partial charge >= 0.3 is 23.9 Å². The normalized spacial score (nSPS) is 18.4. The molecule has 0 bridgehead atoms. The van der Waals surface area contributed by atoms with Crippen LogP contribution in [-0.2, 0) is 42.9 Å². The average molecular weight is 1090 g/mol. The third-order valence-corrected chi connectivity index (χ3v) is 14.1. The monoisotopic (exact) mass is 1080 g/mol. The molecule has 1 aliphatic heterocycles. The van der Waals surface area contributed by atoms with Crippen LogP contribution in [0.3, 0.4) is 0 Å². The maximum absolute atomic E-state index is 13.2. The molecule has 12 heteroatoms. The van der Waals surface area contributed by atoms with Gasteiger partial charge in [0.2, 0.25) is 0 Å². The summed E-state index contributed by atoms with van der Waals surface area (Å²) in [6.07, 6.45) is 53.3. The van der Waals surface area contributed by atoms with Crippen molar-refractivity contribution in [1.29, 1.82) is 0 Å². The van der Waals surface area contributed by atoms with Gasteiger partial charge < -0.3 is 39.0 Å². The van der Waals surface area contributed by atoms with Crippen molar-refractivity contribution in [2.24, 2.45) is 0 Å². The first kappa shape index (κ1) is 71.4. The summed E-state index contributed by atoms with van der Waals surface area (Å²) in [5.41, 5.74) is 0. The molecule has 444 valence electrons. The fraction of sp³-hybridized carbons (Fsp3) is 0.785. The van der Waals surface area contributed by atoms with Crippen molar-refractivity contribution in [1.82, 2.24) is 0 Å². The topological polar surface area (TPSA) is 175 Å². The number of hydrogen-bond donors (Lipinski definition) is 3. The van der Waals surface area contributed by atoms with E-state index in [9.17, 15) is 34.5 Å². The molecule has 1 saturated heterocycles. The van der Waals surface area contributed by atoms with E-state index in [-0.39, 0.29) is 25.9 Å². The third kappa shape index (κ3) is 43.0. The molecule has 0 aromatic carbocycles. The standard InChI is InChI=1S/C65H112O12/c1-4-7-10-13-16-19-22-25-27-29-31-34-36-39-42-45-48-51-57(66)73-54-56(75-58(67)52-49-46-43-40-38-35-32-30-28-26-23-20-17-14-11-8-5-2)55-74-65-63(61(70)60(69)62(77-65)64(71)72)76-59(68)53-50-47-44-41-37-33-24-21-18-15-12-9-6-3/h7,10,12,15-16,19,21,24-25,27,56,60-63,65,69-70H,4-6,8-9,11,13-14,17-18,20,22-23,26,28-55H2,1-3H3,(H,71,72)/b10-7-,15-12-,19-16-,24-21-,27-25-. The predicted octanol–water partition coefficient (Wildman–Crippen LogP) is 16.3. The molecule has 0 amide bonds. The highest BCUT2D eigenvalue weighted by atomic mass is 16.7. The van der Waals surface area contributed by atoms with Crippen molar-refractivity contribution in [2.75, 3.05) is 13.2 Å². The van der Waals surface area contributed by atoms with E-state index in [0.717, 1.165) is 122 Å². The molecular formula is C65H112O12. The van der Waals surface area contributed by atoms with Gasteiger partial charge in [0.15, 0.2) is 24.6 Å². The zero-order chi connectivity index (χ0) is 56.1. The SMILES string of the molecule is CC/C=C\C/C=C\C/C=C\CCCCCCCCCC(=O)OCC(COC1OC(C(=O)O)C(O)C(O)C1OC(=O)CCCCCCC/C=C\C/C=C\CCC)OC(=O)CCCCCCCCCCCCCCCCCCC. The van der Waals surface area contributed by atoms with Crippen LogP contribution < -0.4 is 0 Å². The summed E-state index contributed by atoms with van der Waals surface area (Å²) in [4.78, 5) is 51.2. The van der Waals surface area contributed by atoms with Crippen LogP contribution in [-0.4, -0.2) is 89.2 Å². The number of aliphatic hydroxyl groups is 2. The van der Waals surface area contributed by atoms with E-state index in [1.165, 1.54) is 96.3 Å². The van der Waals surface area contributed by atoms with Crippen molar-refractivity contribution in [3.05, 3.63) is 60.8 Å². The van der Waals surface area contributed by atoms with E-state index >= 15 is 0 Å². The number of ether oxygens (including phenoxy) is 5. The summed E-state index contributed by atoms with van der Waals surface area (Å²) >= 11 is 0. The minimum absolute atomic E-state index is 0.0439. The number of esters is 3. The molecule has 1 heterocycles. The van der Waals surface area contributed by atoms with Gasteiger partial charge in [-0.1, -0.05) is 242 Å². The maximum Gasteiger partial charge on any atom is 0.335 e. The van der Waals surface area contributed by atoms with Crippen molar-refractivity contribution < 1.29 is 58.2 Å². The largest absolute Gasteiger partial charge is 0.479 e. The quantitative estimate of drug-likeness (QED) is 0.0228. The molecule has 6 unspecified atom stereocenters. The highest BCUT2D eigenvalue weighted by Gasteiger charge is 2.50. The van der Waals surface area contributed by atoms with Gasteiger partial charge in [-0.25, -0.2) is 4.79 Å². The Morgan fingerprint density at radius 1 is 0.442 bits per heavy atom. The molecule has 1 aliphatic rings. The number of aliphatic hydroxyl groups excluding tert-OH is 2. The Hall–Kier alpha value is -3.58. The number of aliphatic carboxylic acids is 1. The first-order valence-corrected chi connectivity index (χ1v) is 31.3. The highest BCUT2D eigenvalue weighted by Crippen LogP contribution is 2.27. The molecule has 6 atom stereocenters. The third-order valence-electron chi connectivity index (χ3n) is 14.1. The minimum atomic E-state index is -1.91. The molecule has 0 spiro atoms. The first-order valence-electron chi connectivity index (χ1n) is 31.3. The second kappa shape index (κ2) is 53.1. The van der Waals surface area contributed by atoms with Crippen LogP contribution in [0.25, 0.3) is 0 Å². The lowest BCUT2D eigenvalue weighted by molar-refractivity contribution is -0.301. The van der Waals surface area contributed by atoms with Crippen LogP contribution in [0.4, 0.5) is 0 Å². The van der Waals surface area contributed by atoms with Gasteiger partial charge in [0, 0.05) is 19.3 Å². The van der Waals surface area contributed by atoms with Gasteiger partial charge in [0.1, 0.15) is 18.8 Å². The van der Waals surface area contributed by atoms with E-state index < -0.39 is 67.3 Å². The summed E-state index contributed by atoms with van der Waals surface area (Å²) < 4.78 is 28.5. The molecule has 0 aliphatic carbocycles. The molecular weight excluding hydrogens is 973 g/mol. The second-order valence-corrected chi connectivity index (χ2v) is 21.3. The zero-order valence-electron chi connectivity index (χ0n) is 49.0. The fourth-order valence-corrected chi connectivity index (χ4v) is 9.30. The number of carbonyl (C=O) groups is 4. The Morgan fingerprint density at radius 2 is 0.844 bits per heavy atom. The van der Waals surface area contributed by atoms with Gasteiger partial charge in [-0.3, -0.25) is 14.4 Å². The smallest absolute Gasteiger partial charge is 0.335 e. The summed E-state index contributed by atoms with van der Waals surface area (Å²) in [5.74, 6) is -3.13. The van der Waals surface area contributed by atoms with Crippen LogP contribution in [0, 0.1) is 0 Å². The molecule has 12 nitrogen and oxygen atoms in total. The van der Waals surface area contributed by atoms with E-state index in [2.05, 4.69) is 81.5 Å². The maximum atomic E-state index is 13.2. The summed E-state index contributed by atoms with van der Waals surface area (Å²) in [6, 6.07) is 0. The fourth-order valence-electron chi connectivity index (χ4n) is 9.30. The zero-order valence-corrected chi connectivity index (χ0v) is 49.0. The van der Waals surface area contributed by atoms with E-state index in [1.807, 2.05) is 0 Å². The lowest BCUT2D eigenvalue weighted by Gasteiger charge is -2.40. The summed E-state index contributed by atoms with van der Waals surface area (Å²) in [5, 5.41) is 31.5. The van der Waals surface area contributed by atoms with Crippen LogP contribution in [0.1, 0.15) is 278 Å². The predicted molar refractivity (Wildman–Crippen MR) is 312 cm³/mol. The number of carbonyl (C=O) groups excluding carboxylic acids is 3. The average Bonchev–Trinajstić information content (AvgIpc) is 3.42. The number of allylic oxidation sites excluding steroid dienone is 10. The van der Waals surface area contributed by atoms with Crippen molar-refractivity contribution >= 4 is 23.9 Å². The Bertz CT molecular complexity index is 1570. The Labute approximate surface area is 468 Å². The summed E-state index contributed by atoms with van der Waals surface area (Å²) in [7, 11) is 0. The van der Waals surface area contributed by atoms with E-state index in [1.54, 1.807) is 0 Å². The number of carboxylic acids is 1. The van der Waals surface area contributed by atoms with Crippen LogP contribution >= 0.6 is 0 Å². The molecule has 3 N–H and O–H groups in total. The van der Waals surface area contributed by atoms with Gasteiger partial charge in [-0.05, 0) is 77.0 Å². The highest BCUT2D eigenvalue weighted by molar-refractivity contribution is 5.74. The van der Waals surface area contributed by atoms with Gasteiger partial charge in [-0.15, -0.1) is 0 Å². The second-order valence-electron chi connectivity index (χ2n) is 21.3. The van der Waals surface area contributed by atoms with Crippen LogP contribution in [0.15, 0.2) is 60.8 Å². The van der Waals surface area contributed by atoms with Crippen molar-refractivity contribution in [3.63, 3.8) is 0 Å². The first-order chi connectivity index (χ1) is 37.6. The number of unbranched alkanes of at least 4 members (excludes halogenated alkanes) is 29. The number of hydrogen-bond acceptors (Lipinski definition) is 11.